The van der Waals surface area contributed by atoms with Crippen molar-refractivity contribution in [3.63, 3.8) is 0 Å². The van der Waals surface area contributed by atoms with Crippen LogP contribution in [0.15, 0.2) is 72.9 Å². The second kappa shape index (κ2) is 10.1. The quantitative estimate of drug-likeness (QED) is 0.387. The number of rotatable bonds is 8. The molecule has 4 rings (SSSR count). The Morgan fingerprint density at radius 2 is 1.76 bits per heavy atom. The van der Waals surface area contributed by atoms with E-state index in [4.69, 9.17) is 19.9 Å². The monoisotopic (exact) mass is 444 g/mol. The average Bonchev–Trinajstić information content (AvgIpc) is 2.83. The molecule has 0 atom stereocenters. The van der Waals surface area contributed by atoms with Gasteiger partial charge in [-0.15, -0.1) is 0 Å². The number of nitrogens with two attached hydrogens (primary N) is 1. The molecule has 0 aliphatic carbocycles. The third kappa shape index (κ3) is 5.50. The maximum Gasteiger partial charge on any atom is 0.344 e. The van der Waals surface area contributed by atoms with Crippen LogP contribution in [0.4, 0.5) is 17.6 Å². The topological polar surface area (TPSA) is 134 Å². The van der Waals surface area contributed by atoms with Gasteiger partial charge in [-0.05, 0) is 36.4 Å². The highest BCUT2D eigenvalue weighted by molar-refractivity contribution is 5.91. The molecular weight excluding hydrogens is 424 g/mol. The lowest BCUT2D eigenvalue weighted by Crippen LogP contribution is -2.12. The van der Waals surface area contributed by atoms with Gasteiger partial charge in [0.25, 0.3) is 0 Å². The zero-order chi connectivity index (χ0) is 23.0. The summed E-state index contributed by atoms with van der Waals surface area (Å²) in [5.41, 5.74) is 6.61. The molecule has 0 spiro atoms. The van der Waals surface area contributed by atoms with Crippen molar-refractivity contribution >= 4 is 23.6 Å². The van der Waals surface area contributed by atoms with Gasteiger partial charge in [0.2, 0.25) is 17.8 Å². The molecule has 166 valence electrons. The Hall–Kier alpha value is -4.73. The summed E-state index contributed by atoms with van der Waals surface area (Å²) in [6.45, 7) is -0.230. The summed E-state index contributed by atoms with van der Waals surface area (Å²) in [6, 6.07) is 19.4. The van der Waals surface area contributed by atoms with Crippen LogP contribution in [-0.4, -0.2) is 33.0 Å². The molecular formula is C23H20N6O4. The Balaban J connectivity index is 1.47. The lowest BCUT2D eigenvalue weighted by atomic mass is 10.2. The first-order valence-electron chi connectivity index (χ1n) is 9.88. The van der Waals surface area contributed by atoms with Crippen LogP contribution >= 0.6 is 0 Å². The van der Waals surface area contributed by atoms with Crippen molar-refractivity contribution in [2.24, 2.45) is 0 Å². The van der Waals surface area contributed by atoms with Gasteiger partial charge in [0.1, 0.15) is 17.1 Å². The Morgan fingerprint density at radius 1 is 0.970 bits per heavy atom. The van der Waals surface area contributed by atoms with Gasteiger partial charge in [-0.3, -0.25) is 0 Å². The Bertz CT molecular complexity index is 1250. The average molecular weight is 444 g/mol. The van der Waals surface area contributed by atoms with Gasteiger partial charge in [0, 0.05) is 6.20 Å². The van der Waals surface area contributed by atoms with Gasteiger partial charge < -0.3 is 25.3 Å². The molecule has 2 heterocycles. The van der Waals surface area contributed by atoms with E-state index in [2.05, 4.69) is 25.3 Å². The predicted octanol–water partition coefficient (Wildman–Crippen LogP) is 3.75. The van der Waals surface area contributed by atoms with Crippen molar-refractivity contribution in [2.75, 3.05) is 18.2 Å². The molecule has 0 saturated heterocycles. The van der Waals surface area contributed by atoms with Crippen molar-refractivity contribution in [3.05, 3.63) is 84.3 Å². The Labute approximate surface area is 189 Å². The van der Waals surface area contributed by atoms with Crippen molar-refractivity contribution in [1.29, 1.82) is 0 Å². The summed E-state index contributed by atoms with van der Waals surface area (Å²) in [7, 11) is 1.56. The summed E-state index contributed by atoms with van der Waals surface area (Å²) in [4.78, 5) is 29.2. The smallest absolute Gasteiger partial charge is 0.344 e. The molecule has 0 fully saturated rings. The van der Waals surface area contributed by atoms with E-state index < -0.39 is 5.97 Å². The molecule has 0 amide bonds. The zero-order valence-electron chi connectivity index (χ0n) is 17.6. The molecule has 10 heteroatoms. The zero-order valence-corrected chi connectivity index (χ0v) is 17.6. The minimum Gasteiger partial charge on any atom is -0.495 e. The first kappa shape index (κ1) is 21.5. The molecule has 33 heavy (non-hydrogen) atoms. The van der Waals surface area contributed by atoms with E-state index in [0.717, 1.165) is 0 Å². The van der Waals surface area contributed by atoms with Gasteiger partial charge in [0.15, 0.2) is 12.4 Å². The summed E-state index contributed by atoms with van der Waals surface area (Å²) in [5, 5.41) is 3.02. The molecule has 0 unspecified atom stereocenters. The third-order valence-corrected chi connectivity index (χ3v) is 4.33. The maximum atomic E-state index is 12.7. The number of nitrogens with one attached hydrogen (secondary N) is 1. The van der Waals surface area contributed by atoms with Gasteiger partial charge in [-0.25, -0.2) is 9.78 Å². The van der Waals surface area contributed by atoms with E-state index in [1.165, 1.54) is 6.20 Å². The van der Waals surface area contributed by atoms with Crippen LogP contribution in [0.3, 0.4) is 0 Å². The number of para-hydroxylation sites is 3. The van der Waals surface area contributed by atoms with Gasteiger partial charge in [-0.2, -0.15) is 15.0 Å². The minimum absolute atomic E-state index is 0.0251. The van der Waals surface area contributed by atoms with E-state index in [0.29, 0.717) is 17.2 Å². The number of nitrogens with zero attached hydrogens (tertiary/aromatic N) is 4. The number of pyridine rings is 1. The SMILES string of the molecule is COc1ccccc1Nc1nc(N)nc(COC(=O)c2cccnc2Oc2ccccc2)n1. The molecule has 2 aromatic heterocycles. The molecule has 4 aromatic rings. The molecule has 0 radical (unpaired) electrons. The molecule has 10 nitrogen and oxygen atoms in total. The van der Waals surface area contributed by atoms with Crippen LogP contribution in [0.1, 0.15) is 16.2 Å². The lowest BCUT2D eigenvalue weighted by molar-refractivity contribution is 0.0458. The number of carbonyl (C=O) groups excluding carboxylic acids is 1. The van der Waals surface area contributed by atoms with Crippen LogP contribution < -0.4 is 20.5 Å². The summed E-state index contributed by atoms with van der Waals surface area (Å²) >= 11 is 0. The number of esters is 1. The van der Waals surface area contributed by atoms with E-state index in [1.807, 2.05) is 30.3 Å². The van der Waals surface area contributed by atoms with Crippen LogP contribution in [0.5, 0.6) is 17.4 Å². The number of nitrogen functional groups attached to an aromatic ring is 1. The van der Waals surface area contributed by atoms with Crippen molar-refractivity contribution in [1.82, 2.24) is 19.9 Å². The summed E-state index contributed by atoms with van der Waals surface area (Å²) in [6.07, 6.45) is 1.53. The highest BCUT2D eigenvalue weighted by Crippen LogP contribution is 2.26. The summed E-state index contributed by atoms with van der Waals surface area (Å²) < 4.78 is 16.4. The van der Waals surface area contributed by atoms with Crippen molar-refractivity contribution < 1.29 is 19.0 Å². The first-order chi connectivity index (χ1) is 16.1. The number of methoxy groups -OCH3 is 1. The van der Waals surface area contributed by atoms with Crippen LogP contribution in [-0.2, 0) is 11.3 Å². The molecule has 3 N–H and O–H groups in total. The fourth-order valence-electron chi connectivity index (χ4n) is 2.86. The van der Waals surface area contributed by atoms with Crippen LogP contribution in [0.2, 0.25) is 0 Å². The second-order valence-electron chi connectivity index (χ2n) is 6.61. The number of anilines is 3. The van der Waals surface area contributed by atoms with Crippen molar-refractivity contribution in [2.45, 2.75) is 6.61 Å². The van der Waals surface area contributed by atoms with E-state index in [1.54, 1.807) is 43.5 Å². The summed E-state index contributed by atoms with van der Waals surface area (Å²) in [5.74, 6) is 0.960. The molecule has 0 aliphatic rings. The number of ether oxygens (including phenoxy) is 3. The van der Waals surface area contributed by atoms with Crippen LogP contribution in [0, 0.1) is 0 Å². The Morgan fingerprint density at radius 3 is 2.58 bits per heavy atom. The number of aromatic nitrogens is 4. The number of hydrogen-bond acceptors (Lipinski definition) is 10. The predicted molar refractivity (Wildman–Crippen MR) is 120 cm³/mol. The van der Waals surface area contributed by atoms with Gasteiger partial charge in [-0.1, -0.05) is 30.3 Å². The fraction of sp³-hybridized carbons (Fsp3) is 0.0870. The first-order valence-corrected chi connectivity index (χ1v) is 9.88. The molecule has 0 saturated carbocycles. The van der Waals surface area contributed by atoms with Crippen molar-refractivity contribution in [3.8, 4) is 17.4 Å². The Kier molecular flexibility index (Phi) is 6.55. The number of benzene rings is 2. The normalized spacial score (nSPS) is 10.3. The second-order valence-corrected chi connectivity index (χ2v) is 6.61. The van der Waals surface area contributed by atoms with E-state index in [-0.39, 0.29) is 35.8 Å². The maximum absolute atomic E-state index is 12.7. The molecule has 0 aliphatic heterocycles. The fourth-order valence-corrected chi connectivity index (χ4v) is 2.86. The van der Waals surface area contributed by atoms with Crippen LogP contribution in [0.25, 0.3) is 0 Å². The molecule has 0 bridgehead atoms. The minimum atomic E-state index is -0.646. The standard InChI is InChI=1S/C23H20N6O4/c1-31-18-12-6-5-11-17(18)26-23-28-19(27-22(24)29-23)14-32-21(30)16-10-7-13-25-20(16)33-15-8-3-2-4-9-15/h2-13H,14H2,1H3,(H3,24,26,27,28,29). The van der Waals surface area contributed by atoms with Gasteiger partial charge in [0.05, 0.1) is 12.8 Å². The van der Waals surface area contributed by atoms with Gasteiger partial charge >= 0.3 is 5.97 Å². The lowest BCUT2D eigenvalue weighted by Gasteiger charge is -2.11. The van der Waals surface area contributed by atoms with E-state index in [9.17, 15) is 4.79 Å². The highest BCUT2D eigenvalue weighted by Gasteiger charge is 2.17. The molecule has 2 aromatic carbocycles. The highest BCUT2D eigenvalue weighted by atomic mass is 16.5. The third-order valence-electron chi connectivity index (χ3n) is 4.33. The number of hydrogen-bond donors (Lipinski definition) is 2. The largest absolute Gasteiger partial charge is 0.495 e. The number of carbonyl (C=O) groups is 1. The van der Waals surface area contributed by atoms with E-state index >= 15 is 0 Å².